The van der Waals surface area contributed by atoms with Crippen LogP contribution in [0.3, 0.4) is 0 Å². The van der Waals surface area contributed by atoms with Crippen molar-refractivity contribution in [3.8, 4) is 17.2 Å². The SMILES string of the molecule is COc1c(O)c(C)c2oc(C)cc(=O)c2c1O. The number of ether oxygens (including phenoxy) is 1. The van der Waals surface area contributed by atoms with Gasteiger partial charge in [-0.25, -0.2) is 0 Å². The Balaban J connectivity index is 3.09. The average Bonchev–Trinajstić information content (AvgIpc) is 2.25. The third-order valence-corrected chi connectivity index (χ3v) is 2.64. The van der Waals surface area contributed by atoms with Gasteiger partial charge in [0.15, 0.2) is 16.9 Å². The number of phenolic OH excluding ortho intramolecular Hbond substituents is 2. The molecule has 0 bridgehead atoms. The van der Waals surface area contributed by atoms with E-state index in [1.807, 2.05) is 0 Å². The standard InChI is InChI=1S/C12H12O5/c1-5-4-7(13)8-10(15)12(16-3)9(14)6(2)11(8)17-5/h4,14-15H,1-3H3. The fourth-order valence-electron chi connectivity index (χ4n) is 1.80. The molecular weight excluding hydrogens is 224 g/mol. The van der Waals surface area contributed by atoms with Gasteiger partial charge >= 0.3 is 0 Å². The molecule has 17 heavy (non-hydrogen) atoms. The van der Waals surface area contributed by atoms with Gasteiger partial charge in [0.2, 0.25) is 5.75 Å². The molecular formula is C12H12O5. The third kappa shape index (κ3) is 1.51. The van der Waals surface area contributed by atoms with Crippen LogP contribution in [0.5, 0.6) is 17.2 Å². The molecule has 0 saturated carbocycles. The number of fused-ring (bicyclic) bond motifs is 1. The molecule has 2 rings (SSSR count). The van der Waals surface area contributed by atoms with Crippen LogP contribution in [-0.4, -0.2) is 17.3 Å². The van der Waals surface area contributed by atoms with Crippen LogP contribution in [0, 0.1) is 13.8 Å². The molecule has 0 aliphatic carbocycles. The van der Waals surface area contributed by atoms with Crippen LogP contribution in [-0.2, 0) is 0 Å². The maximum Gasteiger partial charge on any atom is 0.204 e. The Morgan fingerprint density at radius 1 is 1.24 bits per heavy atom. The molecule has 0 radical (unpaired) electrons. The van der Waals surface area contributed by atoms with E-state index in [2.05, 4.69) is 0 Å². The fourth-order valence-corrected chi connectivity index (χ4v) is 1.80. The second kappa shape index (κ2) is 3.69. The third-order valence-electron chi connectivity index (χ3n) is 2.64. The Morgan fingerprint density at radius 3 is 2.47 bits per heavy atom. The number of phenols is 2. The summed E-state index contributed by atoms with van der Waals surface area (Å²) >= 11 is 0. The predicted molar refractivity (Wildman–Crippen MR) is 61.8 cm³/mol. The van der Waals surface area contributed by atoms with Crippen molar-refractivity contribution in [1.29, 1.82) is 0 Å². The number of aromatic hydroxyl groups is 2. The second-order valence-electron chi connectivity index (χ2n) is 3.78. The van der Waals surface area contributed by atoms with Crippen LogP contribution in [0.1, 0.15) is 11.3 Å². The quantitative estimate of drug-likeness (QED) is 0.789. The van der Waals surface area contributed by atoms with E-state index in [1.54, 1.807) is 13.8 Å². The number of hydrogen-bond donors (Lipinski definition) is 2. The van der Waals surface area contributed by atoms with Gasteiger partial charge in [0.1, 0.15) is 16.7 Å². The van der Waals surface area contributed by atoms with Gasteiger partial charge in [0.25, 0.3) is 0 Å². The minimum Gasteiger partial charge on any atom is -0.504 e. The second-order valence-corrected chi connectivity index (χ2v) is 3.78. The minimum absolute atomic E-state index is 0.0164. The number of methoxy groups -OCH3 is 1. The van der Waals surface area contributed by atoms with Crippen LogP contribution >= 0.6 is 0 Å². The lowest BCUT2D eigenvalue weighted by Crippen LogP contribution is -2.03. The van der Waals surface area contributed by atoms with Crippen LogP contribution in [0.4, 0.5) is 0 Å². The summed E-state index contributed by atoms with van der Waals surface area (Å²) in [7, 11) is 1.30. The molecule has 0 fully saturated rings. The first-order valence-corrected chi connectivity index (χ1v) is 5.00. The van der Waals surface area contributed by atoms with E-state index in [9.17, 15) is 15.0 Å². The summed E-state index contributed by atoms with van der Waals surface area (Å²) in [5, 5.41) is 19.7. The first kappa shape index (κ1) is 11.3. The highest BCUT2D eigenvalue weighted by atomic mass is 16.5. The van der Waals surface area contributed by atoms with E-state index in [4.69, 9.17) is 9.15 Å². The lowest BCUT2D eigenvalue weighted by molar-refractivity contribution is 0.344. The zero-order chi connectivity index (χ0) is 12.7. The fraction of sp³-hybridized carbons (Fsp3) is 0.250. The number of rotatable bonds is 1. The molecule has 0 saturated heterocycles. The molecule has 0 atom stereocenters. The van der Waals surface area contributed by atoms with E-state index in [0.717, 1.165) is 0 Å². The largest absolute Gasteiger partial charge is 0.504 e. The molecule has 2 aromatic rings. The molecule has 5 nitrogen and oxygen atoms in total. The molecule has 0 spiro atoms. The monoisotopic (exact) mass is 236 g/mol. The minimum atomic E-state index is -0.403. The highest BCUT2D eigenvalue weighted by Crippen LogP contribution is 2.43. The summed E-state index contributed by atoms with van der Waals surface area (Å²) in [4.78, 5) is 11.8. The van der Waals surface area contributed by atoms with Crippen molar-refractivity contribution in [3.63, 3.8) is 0 Å². The van der Waals surface area contributed by atoms with Crippen molar-refractivity contribution in [2.75, 3.05) is 7.11 Å². The van der Waals surface area contributed by atoms with Crippen molar-refractivity contribution in [1.82, 2.24) is 0 Å². The summed E-state index contributed by atoms with van der Waals surface area (Å²) < 4.78 is 10.2. The molecule has 1 aromatic heterocycles. The number of benzene rings is 1. The van der Waals surface area contributed by atoms with Crippen molar-refractivity contribution in [2.24, 2.45) is 0 Å². The van der Waals surface area contributed by atoms with E-state index < -0.39 is 5.75 Å². The smallest absolute Gasteiger partial charge is 0.204 e. The van der Waals surface area contributed by atoms with Crippen molar-refractivity contribution in [2.45, 2.75) is 13.8 Å². The van der Waals surface area contributed by atoms with Crippen LogP contribution < -0.4 is 10.2 Å². The summed E-state index contributed by atoms with van der Waals surface area (Å²) in [5.41, 5.74) is 0.156. The van der Waals surface area contributed by atoms with E-state index >= 15 is 0 Å². The lowest BCUT2D eigenvalue weighted by Gasteiger charge is -2.11. The summed E-state index contributed by atoms with van der Waals surface area (Å²) in [6, 6.07) is 1.28. The zero-order valence-electron chi connectivity index (χ0n) is 9.70. The summed E-state index contributed by atoms with van der Waals surface area (Å²) in [5.74, 6) is -0.341. The summed E-state index contributed by atoms with van der Waals surface area (Å²) in [6.07, 6.45) is 0. The van der Waals surface area contributed by atoms with Gasteiger partial charge < -0.3 is 19.4 Å². The highest BCUT2D eigenvalue weighted by molar-refractivity contribution is 5.91. The van der Waals surface area contributed by atoms with E-state index in [-0.39, 0.29) is 27.9 Å². The highest BCUT2D eigenvalue weighted by Gasteiger charge is 2.21. The van der Waals surface area contributed by atoms with Crippen LogP contribution in [0.25, 0.3) is 11.0 Å². The Kier molecular flexibility index (Phi) is 2.46. The summed E-state index contributed by atoms with van der Waals surface area (Å²) in [6.45, 7) is 3.21. The van der Waals surface area contributed by atoms with Gasteiger partial charge in [-0.1, -0.05) is 0 Å². The van der Waals surface area contributed by atoms with Gasteiger partial charge in [-0.15, -0.1) is 0 Å². The van der Waals surface area contributed by atoms with Crippen LogP contribution in [0.2, 0.25) is 0 Å². The molecule has 90 valence electrons. The maximum atomic E-state index is 11.8. The van der Waals surface area contributed by atoms with Gasteiger partial charge in [0.05, 0.1) is 7.11 Å². The van der Waals surface area contributed by atoms with Gasteiger partial charge in [-0.3, -0.25) is 4.79 Å². The Morgan fingerprint density at radius 2 is 1.88 bits per heavy atom. The molecule has 0 aliphatic heterocycles. The predicted octanol–water partition coefficient (Wildman–Crippen LogP) is 1.83. The first-order chi connectivity index (χ1) is 7.97. The molecule has 0 aliphatic rings. The Labute approximate surface area is 96.9 Å². The number of hydrogen-bond acceptors (Lipinski definition) is 5. The number of aryl methyl sites for hydroxylation is 2. The molecule has 0 amide bonds. The molecule has 1 heterocycles. The molecule has 2 N–H and O–H groups in total. The first-order valence-electron chi connectivity index (χ1n) is 5.00. The van der Waals surface area contributed by atoms with Gasteiger partial charge in [-0.2, -0.15) is 0 Å². The van der Waals surface area contributed by atoms with Crippen molar-refractivity contribution >= 4 is 11.0 Å². The van der Waals surface area contributed by atoms with E-state index in [1.165, 1.54) is 13.2 Å². The Bertz CT molecular complexity index is 654. The maximum absolute atomic E-state index is 11.8. The van der Waals surface area contributed by atoms with Gasteiger partial charge in [0, 0.05) is 11.6 Å². The molecule has 5 heteroatoms. The normalized spacial score (nSPS) is 10.8. The van der Waals surface area contributed by atoms with Crippen molar-refractivity contribution in [3.05, 3.63) is 27.6 Å². The van der Waals surface area contributed by atoms with Gasteiger partial charge in [-0.05, 0) is 13.8 Å². The van der Waals surface area contributed by atoms with Crippen LogP contribution in [0.15, 0.2) is 15.3 Å². The Hall–Kier alpha value is -2.17. The molecule has 0 unspecified atom stereocenters. The lowest BCUT2D eigenvalue weighted by atomic mass is 10.1. The zero-order valence-corrected chi connectivity index (χ0v) is 9.70. The van der Waals surface area contributed by atoms with Crippen molar-refractivity contribution < 1.29 is 19.4 Å². The average molecular weight is 236 g/mol. The van der Waals surface area contributed by atoms with E-state index in [0.29, 0.717) is 11.3 Å². The topological polar surface area (TPSA) is 79.9 Å². The molecule has 1 aromatic carbocycles.